The molecule has 0 aliphatic carbocycles. The highest BCUT2D eigenvalue weighted by molar-refractivity contribution is 7.86. The van der Waals surface area contributed by atoms with E-state index >= 15 is 0 Å². The van der Waals surface area contributed by atoms with Gasteiger partial charge in [0.05, 0.1) is 0 Å². The van der Waals surface area contributed by atoms with Crippen LogP contribution in [0.1, 0.15) is 25.7 Å². The number of ether oxygens (including phenoxy) is 1. The maximum absolute atomic E-state index is 12.8. The Morgan fingerprint density at radius 1 is 0.889 bits per heavy atom. The minimum atomic E-state index is -3.43. The number of nitrogens with zero attached hydrogens (tertiary/aromatic N) is 3. The van der Waals surface area contributed by atoms with E-state index in [1.807, 2.05) is 0 Å². The molecule has 2 heterocycles. The van der Waals surface area contributed by atoms with E-state index in [2.05, 4.69) is 0 Å². The lowest BCUT2D eigenvalue weighted by atomic mass is 10.2. The van der Waals surface area contributed by atoms with Crippen LogP contribution in [0, 0.1) is 0 Å². The van der Waals surface area contributed by atoms with Crippen LogP contribution in [0.3, 0.4) is 0 Å². The summed E-state index contributed by atoms with van der Waals surface area (Å²) in [7, 11) is -3.43. The average Bonchev–Trinajstić information content (AvgIpc) is 2.97. The molecule has 2 fully saturated rings. The minimum Gasteiger partial charge on any atom is -0.484 e. The fraction of sp³-hybridized carbons (Fsp3) is 0.611. The van der Waals surface area contributed by atoms with Crippen molar-refractivity contribution in [2.24, 2.45) is 0 Å². The van der Waals surface area contributed by atoms with E-state index in [0.717, 1.165) is 25.7 Å². The van der Waals surface area contributed by atoms with Gasteiger partial charge in [-0.25, -0.2) is 0 Å². The van der Waals surface area contributed by atoms with Crippen LogP contribution in [-0.2, 0) is 15.0 Å². The van der Waals surface area contributed by atoms with Crippen molar-refractivity contribution in [3.63, 3.8) is 0 Å². The Morgan fingerprint density at radius 3 is 2.04 bits per heavy atom. The third-order valence-electron chi connectivity index (χ3n) is 4.98. The van der Waals surface area contributed by atoms with E-state index in [0.29, 0.717) is 50.0 Å². The zero-order valence-electron chi connectivity index (χ0n) is 15.3. The predicted octanol–water partition coefficient (Wildman–Crippen LogP) is 1.98. The van der Waals surface area contributed by atoms with Crippen LogP contribution in [0.2, 0.25) is 5.02 Å². The molecule has 0 atom stereocenters. The summed E-state index contributed by atoms with van der Waals surface area (Å²) < 4.78 is 34.2. The summed E-state index contributed by atoms with van der Waals surface area (Å²) in [5.74, 6) is 0.437. The molecular weight excluding hydrogens is 390 g/mol. The van der Waals surface area contributed by atoms with Crippen molar-refractivity contribution < 1.29 is 17.9 Å². The van der Waals surface area contributed by atoms with Crippen LogP contribution < -0.4 is 4.74 Å². The van der Waals surface area contributed by atoms with Crippen molar-refractivity contribution in [1.29, 1.82) is 0 Å². The Morgan fingerprint density at radius 2 is 1.44 bits per heavy atom. The van der Waals surface area contributed by atoms with E-state index in [1.165, 1.54) is 4.31 Å². The molecule has 0 saturated carbocycles. The van der Waals surface area contributed by atoms with Gasteiger partial charge in [0.15, 0.2) is 6.61 Å². The van der Waals surface area contributed by atoms with E-state index in [4.69, 9.17) is 16.3 Å². The topological polar surface area (TPSA) is 70.2 Å². The molecule has 0 N–H and O–H groups in total. The van der Waals surface area contributed by atoms with Crippen LogP contribution in [0.5, 0.6) is 5.75 Å². The SMILES string of the molecule is O=C(COc1ccc(Cl)cc1)N1CCN(S(=O)(=O)N2CCCCCC2)CC1. The summed E-state index contributed by atoms with van der Waals surface area (Å²) in [6, 6.07) is 6.82. The Balaban J connectivity index is 1.48. The van der Waals surface area contributed by atoms with Gasteiger partial charge < -0.3 is 9.64 Å². The summed E-state index contributed by atoms with van der Waals surface area (Å²) in [4.78, 5) is 14.0. The highest BCUT2D eigenvalue weighted by atomic mass is 35.5. The van der Waals surface area contributed by atoms with Gasteiger partial charge in [-0.05, 0) is 37.1 Å². The normalized spacial score (nSPS) is 20.3. The van der Waals surface area contributed by atoms with Gasteiger partial charge in [0.2, 0.25) is 0 Å². The second-order valence-corrected chi connectivity index (χ2v) is 9.21. The van der Waals surface area contributed by atoms with Gasteiger partial charge in [-0.15, -0.1) is 0 Å². The lowest BCUT2D eigenvalue weighted by Crippen LogP contribution is -2.55. The van der Waals surface area contributed by atoms with Crippen LogP contribution in [-0.4, -0.2) is 73.7 Å². The van der Waals surface area contributed by atoms with Crippen molar-refractivity contribution >= 4 is 27.7 Å². The molecule has 9 heteroatoms. The quantitative estimate of drug-likeness (QED) is 0.737. The third kappa shape index (κ3) is 5.34. The number of halogens is 1. The molecule has 2 saturated heterocycles. The molecule has 1 amide bonds. The van der Waals surface area contributed by atoms with Gasteiger partial charge in [0.1, 0.15) is 5.75 Å². The van der Waals surface area contributed by atoms with Crippen LogP contribution >= 0.6 is 11.6 Å². The number of rotatable bonds is 5. The molecule has 150 valence electrons. The van der Waals surface area contributed by atoms with Crippen LogP contribution in [0.15, 0.2) is 24.3 Å². The van der Waals surface area contributed by atoms with E-state index in [1.54, 1.807) is 33.5 Å². The summed E-state index contributed by atoms with van der Waals surface area (Å²) in [6.45, 7) is 2.54. The Labute approximate surface area is 166 Å². The molecule has 2 aliphatic heterocycles. The first-order chi connectivity index (χ1) is 13.0. The Kier molecular flexibility index (Phi) is 6.97. The third-order valence-corrected chi connectivity index (χ3v) is 7.27. The summed E-state index contributed by atoms with van der Waals surface area (Å²) in [6.07, 6.45) is 4.00. The van der Waals surface area contributed by atoms with Gasteiger partial charge >= 0.3 is 0 Å². The molecule has 0 unspecified atom stereocenters. The smallest absolute Gasteiger partial charge is 0.282 e. The van der Waals surface area contributed by atoms with Crippen LogP contribution in [0.25, 0.3) is 0 Å². The second-order valence-electron chi connectivity index (χ2n) is 6.84. The lowest BCUT2D eigenvalue weighted by molar-refractivity contribution is -0.134. The predicted molar refractivity (Wildman–Crippen MR) is 104 cm³/mol. The molecule has 0 radical (unpaired) electrons. The lowest BCUT2D eigenvalue weighted by Gasteiger charge is -2.36. The molecule has 1 aromatic rings. The zero-order valence-corrected chi connectivity index (χ0v) is 16.9. The number of hydrogen-bond acceptors (Lipinski definition) is 4. The van der Waals surface area contributed by atoms with Gasteiger partial charge in [0.25, 0.3) is 16.1 Å². The maximum Gasteiger partial charge on any atom is 0.282 e. The number of benzene rings is 1. The maximum atomic E-state index is 12.8. The highest BCUT2D eigenvalue weighted by Crippen LogP contribution is 2.19. The first-order valence-electron chi connectivity index (χ1n) is 9.38. The molecular formula is C18H26ClN3O4S. The standard InChI is InChI=1S/C18H26ClN3O4S/c19-16-5-7-17(8-6-16)26-15-18(23)20-11-13-22(14-12-20)27(24,25)21-9-3-1-2-4-10-21/h5-8H,1-4,9-15H2. The molecule has 1 aromatic carbocycles. The van der Waals surface area contributed by atoms with Gasteiger partial charge in [-0.2, -0.15) is 17.0 Å². The van der Waals surface area contributed by atoms with Crippen molar-refractivity contribution in [2.75, 3.05) is 45.9 Å². The largest absolute Gasteiger partial charge is 0.484 e. The Hall–Kier alpha value is -1.35. The van der Waals surface area contributed by atoms with Crippen LogP contribution in [0.4, 0.5) is 0 Å². The fourth-order valence-corrected chi connectivity index (χ4v) is 5.17. The van der Waals surface area contributed by atoms with Gasteiger partial charge in [-0.3, -0.25) is 4.79 Å². The first kappa shape index (κ1) is 20.4. The average molecular weight is 416 g/mol. The Bertz CT molecular complexity index is 725. The van der Waals surface area contributed by atoms with E-state index in [9.17, 15) is 13.2 Å². The van der Waals surface area contributed by atoms with E-state index < -0.39 is 10.2 Å². The summed E-state index contributed by atoms with van der Waals surface area (Å²) in [5, 5.41) is 0.607. The summed E-state index contributed by atoms with van der Waals surface area (Å²) >= 11 is 5.82. The zero-order chi connectivity index (χ0) is 19.3. The molecule has 7 nitrogen and oxygen atoms in total. The summed E-state index contributed by atoms with van der Waals surface area (Å²) in [5.41, 5.74) is 0. The van der Waals surface area contributed by atoms with Gasteiger partial charge in [-0.1, -0.05) is 24.4 Å². The monoisotopic (exact) mass is 415 g/mol. The molecule has 0 aromatic heterocycles. The number of carbonyl (C=O) groups excluding carboxylic acids is 1. The molecule has 2 aliphatic rings. The highest BCUT2D eigenvalue weighted by Gasteiger charge is 2.33. The van der Waals surface area contributed by atoms with E-state index in [-0.39, 0.29) is 12.5 Å². The molecule has 0 spiro atoms. The van der Waals surface area contributed by atoms with Crippen molar-refractivity contribution in [1.82, 2.24) is 13.5 Å². The van der Waals surface area contributed by atoms with Crippen molar-refractivity contribution in [2.45, 2.75) is 25.7 Å². The molecule has 27 heavy (non-hydrogen) atoms. The minimum absolute atomic E-state index is 0.0689. The fourth-order valence-electron chi connectivity index (χ4n) is 3.37. The molecule has 0 bridgehead atoms. The number of carbonyl (C=O) groups is 1. The number of amides is 1. The van der Waals surface area contributed by atoms with Gasteiger partial charge in [0, 0.05) is 44.3 Å². The second kappa shape index (κ2) is 9.23. The number of hydrogen-bond donors (Lipinski definition) is 0. The van der Waals surface area contributed by atoms with Crippen molar-refractivity contribution in [3.8, 4) is 5.75 Å². The first-order valence-corrected chi connectivity index (χ1v) is 11.2. The molecule has 3 rings (SSSR count). The van der Waals surface area contributed by atoms with Crippen molar-refractivity contribution in [3.05, 3.63) is 29.3 Å². The number of piperazine rings is 1.